The van der Waals surface area contributed by atoms with E-state index in [4.69, 9.17) is 4.74 Å². The van der Waals surface area contributed by atoms with Gasteiger partial charge in [-0.2, -0.15) is 0 Å². The van der Waals surface area contributed by atoms with Crippen molar-refractivity contribution < 1.29 is 9.53 Å². The minimum Gasteiger partial charge on any atom is -0.497 e. The maximum Gasteiger partial charge on any atom is 0.224 e. The molecule has 1 aliphatic heterocycles. The van der Waals surface area contributed by atoms with Crippen molar-refractivity contribution in [1.82, 2.24) is 5.32 Å². The van der Waals surface area contributed by atoms with Gasteiger partial charge in [-0.05, 0) is 53.9 Å². The van der Waals surface area contributed by atoms with Crippen LogP contribution in [0.4, 0.5) is 5.69 Å². The molecule has 1 atom stereocenters. The van der Waals surface area contributed by atoms with Crippen LogP contribution in [0, 0.1) is 0 Å². The number of rotatable bonds is 5. The van der Waals surface area contributed by atoms with Gasteiger partial charge in [-0.1, -0.05) is 6.42 Å². The van der Waals surface area contributed by atoms with E-state index in [0.29, 0.717) is 12.5 Å². The predicted octanol–water partition coefficient (Wildman–Crippen LogP) is 3.32. The summed E-state index contributed by atoms with van der Waals surface area (Å²) in [6, 6.07) is 6.03. The Morgan fingerprint density at radius 1 is 1.50 bits per heavy atom. The first-order valence-corrected chi connectivity index (χ1v) is 7.85. The number of hydrogen-bond acceptors (Lipinski definition) is 3. The van der Waals surface area contributed by atoms with Crippen molar-refractivity contribution in [3.63, 3.8) is 0 Å². The van der Waals surface area contributed by atoms with E-state index in [-0.39, 0.29) is 5.91 Å². The quantitative estimate of drug-likeness (QED) is 0.864. The Kier molecular flexibility index (Phi) is 5.86. The molecule has 1 aromatic rings. The summed E-state index contributed by atoms with van der Waals surface area (Å²) in [7, 11) is 1.61. The molecule has 0 radical (unpaired) electrons. The number of ether oxygens (including phenoxy) is 1. The molecule has 1 heterocycles. The molecule has 1 fully saturated rings. The highest BCUT2D eigenvalue weighted by molar-refractivity contribution is 9.10. The van der Waals surface area contributed by atoms with Crippen LogP contribution in [-0.4, -0.2) is 25.6 Å². The number of benzene rings is 1. The molecule has 5 heteroatoms. The van der Waals surface area contributed by atoms with Crippen LogP contribution in [0.25, 0.3) is 0 Å². The van der Waals surface area contributed by atoms with E-state index in [1.54, 1.807) is 7.11 Å². The van der Waals surface area contributed by atoms with Crippen LogP contribution in [0.15, 0.2) is 22.7 Å². The van der Waals surface area contributed by atoms with Gasteiger partial charge in [0.05, 0.1) is 12.8 Å². The van der Waals surface area contributed by atoms with Crippen LogP contribution < -0.4 is 15.4 Å². The van der Waals surface area contributed by atoms with Gasteiger partial charge in [0.25, 0.3) is 0 Å². The summed E-state index contributed by atoms with van der Waals surface area (Å²) < 4.78 is 6.03. The highest BCUT2D eigenvalue weighted by Gasteiger charge is 2.14. The van der Waals surface area contributed by atoms with Gasteiger partial charge in [0, 0.05) is 23.0 Å². The maximum atomic E-state index is 12.0. The Hall–Kier alpha value is -1.07. The van der Waals surface area contributed by atoms with E-state index >= 15 is 0 Å². The van der Waals surface area contributed by atoms with Gasteiger partial charge < -0.3 is 15.4 Å². The van der Waals surface area contributed by atoms with Gasteiger partial charge in [-0.15, -0.1) is 0 Å². The number of nitrogens with one attached hydrogen (secondary N) is 2. The SMILES string of the molecule is COc1ccc(Br)c(NC(=O)CCC2CCCCN2)c1. The maximum absolute atomic E-state index is 12.0. The summed E-state index contributed by atoms with van der Waals surface area (Å²) in [5.41, 5.74) is 0.756. The van der Waals surface area contributed by atoms with Crippen molar-refractivity contribution >= 4 is 27.5 Å². The zero-order valence-electron chi connectivity index (χ0n) is 11.7. The van der Waals surface area contributed by atoms with E-state index in [9.17, 15) is 4.79 Å². The number of methoxy groups -OCH3 is 1. The molecule has 2 rings (SSSR count). The zero-order valence-corrected chi connectivity index (χ0v) is 13.3. The third-order valence-corrected chi connectivity index (χ3v) is 4.27. The number of amides is 1. The van der Waals surface area contributed by atoms with E-state index < -0.39 is 0 Å². The second-order valence-corrected chi connectivity index (χ2v) is 5.93. The molecule has 1 saturated heterocycles. The molecule has 110 valence electrons. The second kappa shape index (κ2) is 7.64. The summed E-state index contributed by atoms with van der Waals surface area (Å²) in [6.45, 7) is 1.08. The summed E-state index contributed by atoms with van der Waals surface area (Å²) in [6.07, 6.45) is 5.13. The smallest absolute Gasteiger partial charge is 0.224 e. The first-order valence-electron chi connectivity index (χ1n) is 7.06. The molecule has 1 amide bonds. The van der Waals surface area contributed by atoms with Gasteiger partial charge in [-0.3, -0.25) is 4.79 Å². The summed E-state index contributed by atoms with van der Waals surface area (Å²) in [4.78, 5) is 12.0. The Balaban J connectivity index is 1.84. The molecule has 0 spiro atoms. The van der Waals surface area contributed by atoms with E-state index in [2.05, 4.69) is 26.6 Å². The summed E-state index contributed by atoms with van der Waals surface area (Å²) >= 11 is 3.43. The number of halogens is 1. The van der Waals surface area contributed by atoms with Crippen LogP contribution in [0.2, 0.25) is 0 Å². The van der Waals surface area contributed by atoms with Gasteiger partial charge >= 0.3 is 0 Å². The standard InChI is InChI=1S/C15H21BrN2O2/c1-20-12-6-7-13(16)14(10-12)18-15(19)8-5-11-4-2-3-9-17-11/h6-7,10-11,17H,2-5,8-9H2,1H3,(H,18,19). The summed E-state index contributed by atoms with van der Waals surface area (Å²) in [5.74, 6) is 0.781. The first kappa shape index (κ1) is 15.3. The fraction of sp³-hybridized carbons (Fsp3) is 0.533. The largest absolute Gasteiger partial charge is 0.497 e. The van der Waals surface area contributed by atoms with Gasteiger partial charge in [0.2, 0.25) is 5.91 Å². The molecule has 0 aromatic heterocycles. The Bertz CT molecular complexity index is 459. The van der Waals surface area contributed by atoms with Gasteiger partial charge in [0.15, 0.2) is 0 Å². The Morgan fingerprint density at radius 2 is 2.35 bits per heavy atom. The number of piperidine rings is 1. The topological polar surface area (TPSA) is 50.4 Å². The lowest BCUT2D eigenvalue weighted by molar-refractivity contribution is -0.116. The van der Waals surface area contributed by atoms with Crippen LogP contribution in [0.1, 0.15) is 32.1 Å². The molecule has 4 nitrogen and oxygen atoms in total. The lowest BCUT2D eigenvalue weighted by Crippen LogP contribution is -2.34. The van der Waals surface area contributed by atoms with Crippen molar-refractivity contribution in [3.8, 4) is 5.75 Å². The van der Waals surface area contributed by atoms with Crippen molar-refractivity contribution in [2.45, 2.75) is 38.1 Å². The number of carbonyl (C=O) groups is 1. The van der Waals surface area contributed by atoms with E-state index in [0.717, 1.165) is 28.9 Å². The molecule has 2 N–H and O–H groups in total. The molecule has 20 heavy (non-hydrogen) atoms. The molecule has 1 aromatic carbocycles. The highest BCUT2D eigenvalue weighted by Crippen LogP contribution is 2.27. The number of anilines is 1. The molecule has 0 bridgehead atoms. The molecule has 1 aliphatic rings. The average molecular weight is 341 g/mol. The van der Waals surface area contributed by atoms with Crippen LogP contribution in [0.3, 0.4) is 0 Å². The van der Waals surface area contributed by atoms with Crippen LogP contribution in [-0.2, 0) is 4.79 Å². The molecular weight excluding hydrogens is 320 g/mol. The summed E-state index contributed by atoms with van der Waals surface area (Å²) in [5, 5.41) is 6.39. The Labute approximate surface area is 128 Å². The zero-order chi connectivity index (χ0) is 14.4. The fourth-order valence-corrected chi connectivity index (χ4v) is 2.76. The third kappa shape index (κ3) is 4.49. The van der Waals surface area contributed by atoms with Crippen molar-refractivity contribution in [1.29, 1.82) is 0 Å². The molecule has 1 unspecified atom stereocenters. The normalized spacial score (nSPS) is 18.6. The third-order valence-electron chi connectivity index (χ3n) is 3.58. The number of hydrogen-bond donors (Lipinski definition) is 2. The van der Waals surface area contributed by atoms with Gasteiger partial charge in [0.1, 0.15) is 5.75 Å². The van der Waals surface area contributed by atoms with Crippen LogP contribution in [0.5, 0.6) is 5.75 Å². The minimum atomic E-state index is 0.0475. The molecule has 0 aliphatic carbocycles. The second-order valence-electron chi connectivity index (χ2n) is 5.08. The molecule has 0 saturated carbocycles. The van der Waals surface area contributed by atoms with E-state index in [1.807, 2.05) is 18.2 Å². The lowest BCUT2D eigenvalue weighted by atomic mass is 10.0. The number of carbonyl (C=O) groups excluding carboxylic acids is 1. The first-order chi connectivity index (χ1) is 9.69. The van der Waals surface area contributed by atoms with Gasteiger partial charge in [-0.25, -0.2) is 0 Å². The van der Waals surface area contributed by atoms with Crippen LogP contribution >= 0.6 is 15.9 Å². The fourth-order valence-electron chi connectivity index (χ4n) is 2.42. The monoisotopic (exact) mass is 340 g/mol. The minimum absolute atomic E-state index is 0.0475. The average Bonchev–Trinajstić information content (AvgIpc) is 2.48. The predicted molar refractivity (Wildman–Crippen MR) is 84.2 cm³/mol. The lowest BCUT2D eigenvalue weighted by Gasteiger charge is -2.23. The Morgan fingerprint density at radius 3 is 3.05 bits per heavy atom. The van der Waals surface area contributed by atoms with Crippen molar-refractivity contribution in [2.24, 2.45) is 0 Å². The van der Waals surface area contributed by atoms with Crippen molar-refractivity contribution in [3.05, 3.63) is 22.7 Å². The molecular formula is C15H21BrN2O2. The van der Waals surface area contributed by atoms with E-state index in [1.165, 1.54) is 19.3 Å². The van der Waals surface area contributed by atoms with Crippen molar-refractivity contribution in [2.75, 3.05) is 19.0 Å². The highest BCUT2D eigenvalue weighted by atomic mass is 79.9.